The van der Waals surface area contributed by atoms with Gasteiger partial charge >= 0.3 is 0 Å². The van der Waals surface area contributed by atoms with E-state index in [4.69, 9.17) is 11.0 Å². The SMILES string of the molecule is Cc1c(F)cc(C#N)cc1NC(=O)C[C@@H](CN)CC(C)C. The lowest BCUT2D eigenvalue weighted by Crippen LogP contribution is -2.23. The Kier molecular flexibility index (Phi) is 6.32. The number of hydrogen-bond acceptors (Lipinski definition) is 3. The Balaban J connectivity index is 2.79. The van der Waals surface area contributed by atoms with Crippen LogP contribution in [0.25, 0.3) is 0 Å². The Labute approximate surface area is 125 Å². The number of anilines is 1. The maximum atomic E-state index is 13.7. The zero-order valence-electron chi connectivity index (χ0n) is 12.7. The van der Waals surface area contributed by atoms with E-state index in [9.17, 15) is 9.18 Å². The van der Waals surface area contributed by atoms with Crippen molar-refractivity contribution in [1.82, 2.24) is 0 Å². The van der Waals surface area contributed by atoms with Crippen LogP contribution < -0.4 is 11.1 Å². The van der Waals surface area contributed by atoms with E-state index in [0.29, 0.717) is 30.1 Å². The van der Waals surface area contributed by atoms with Crippen molar-refractivity contribution < 1.29 is 9.18 Å². The first-order chi connectivity index (χ1) is 9.87. The maximum Gasteiger partial charge on any atom is 0.224 e. The van der Waals surface area contributed by atoms with Crippen molar-refractivity contribution in [3.05, 3.63) is 29.1 Å². The molecule has 0 unspecified atom stereocenters. The molecule has 4 nitrogen and oxygen atoms in total. The third kappa shape index (κ3) is 5.16. The number of carbonyl (C=O) groups excluding carboxylic acids is 1. The predicted molar refractivity (Wildman–Crippen MR) is 81.1 cm³/mol. The van der Waals surface area contributed by atoms with Gasteiger partial charge in [0, 0.05) is 17.7 Å². The number of nitrogens with one attached hydrogen (secondary N) is 1. The van der Waals surface area contributed by atoms with Gasteiger partial charge in [0.15, 0.2) is 0 Å². The number of benzene rings is 1. The second kappa shape index (κ2) is 7.75. The molecule has 0 spiro atoms. The Morgan fingerprint density at radius 2 is 2.14 bits per heavy atom. The molecule has 5 heteroatoms. The summed E-state index contributed by atoms with van der Waals surface area (Å²) < 4.78 is 13.7. The molecule has 3 N–H and O–H groups in total. The number of nitrogens with zero attached hydrogens (tertiary/aromatic N) is 1. The third-order valence-corrected chi connectivity index (χ3v) is 3.36. The zero-order chi connectivity index (χ0) is 16.0. The van der Waals surface area contributed by atoms with E-state index in [2.05, 4.69) is 19.2 Å². The second-order valence-corrected chi connectivity index (χ2v) is 5.73. The maximum absolute atomic E-state index is 13.7. The number of hydrogen-bond donors (Lipinski definition) is 2. The van der Waals surface area contributed by atoms with Gasteiger partial charge < -0.3 is 11.1 Å². The minimum atomic E-state index is -0.498. The van der Waals surface area contributed by atoms with E-state index >= 15 is 0 Å². The summed E-state index contributed by atoms with van der Waals surface area (Å²) >= 11 is 0. The van der Waals surface area contributed by atoms with Crippen LogP contribution in [0.4, 0.5) is 10.1 Å². The quantitative estimate of drug-likeness (QED) is 0.845. The third-order valence-electron chi connectivity index (χ3n) is 3.36. The van der Waals surface area contributed by atoms with Crippen LogP contribution in [0.5, 0.6) is 0 Å². The molecule has 1 rings (SSSR count). The van der Waals surface area contributed by atoms with E-state index in [1.165, 1.54) is 6.07 Å². The molecule has 0 heterocycles. The predicted octanol–water partition coefficient (Wildman–Crippen LogP) is 2.96. The molecule has 0 saturated heterocycles. The minimum absolute atomic E-state index is 0.106. The number of amides is 1. The number of nitrogens with two attached hydrogens (primary N) is 1. The molecule has 0 aliphatic heterocycles. The molecule has 21 heavy (non-hydrogen) atoms. The second-order valence-electron chi connectivity index (χ2n) is 5.73. The monoisotopic (exact) mass is 291 g/mol. The molecule has 1 aromatic carbocycles. The van der Waals surface area contributed by atoms with Crippen LogP contribution in [0.3, 0.4) is 0 Å². The zero-order valence-corrected chi connectivity index (χ0v) is 12.7. The normalized spacial score (nSPS) is 12.0. The van der Waals surface area contributed by atoms with E-state index in [0.717, 1.165) is 12.5 Å². The van der Waals surface area contributed by atoms with Crippen molar-refractivity contribution >= 4 is 11.6 Å². The van der Waals surface area contributed by atoms with Crippen molar-refractivity contribution in [2.24, 2.45) is 17.6 Å². The Morgan fingerprint density at radius 1 is 1.48 bits per heavy atom. The summed E-state index contributed by atoms with van der Waals surface area (Å²) in [6.45, 7) is 6.17. The number of rotatable bonds is 6. The number of halogens is 1. The van der Waals surface area contributed by atoms with Crippen LogP contribution in [-0.2, 0) is 4.79 Å². The first kappa shape index (κ1) is 17.1. The molecule has 0 aliphatic rings. The highest BCUT2D eigenvalue weighted by Gasteiger charge is 2.16. The van der Waals surface area contributed by atoms with Crippen LogP contribution >= 0.6 is 0 Å². The van der Waals surface area contributed by atoms with Crippen molar-refractivity contribution in [3.63, 3.8) is 0 Å². The van der Waals surface area contributed by atoms with Gasteiger partial charge in [-0.3, -0.25) is 4.79 Å². The van der Waals surface area contributed by atoms with Gasteiger partial charge in [0.1, 0.15) is 5.82 Å². The van der Waals surface area contributed by atoms with E-state index in [-0.39, 0.29) is 17.4 Å². The van der Waals surface area contributed by atoms with Gasteiger partial charge in [-0.15, -0.1) is 0 Å². The van der Waals surface area contributed by atoms with Crippen molar-refractivity contribution in [1.29, 1.82) is 5.26 Å². The minimum Gasteiger partial charge on any atom is -0.330 e. The highest BCUT2D eigenvalue weighted by Crippen LogP contribution is 2.22. The van der Waals surface area contributed by atoms with Crippen LogP contribution in [-0.4, -0.2) is 12.5 Å². The molecule has 0 bridgehead atoms. The summed E-state index contributed by atoms with van der Waals surface area (Å²) in [6.07, 6.45) is 1.17. The van der Waals surface area contributed by atoms with Crippen LogP contribution in [0, 0.1) is 35.9 Å². The molecule has 1 aromatic rings. The lowest BCUT2D eigenvalue weighted by molar-refractivity contribution is -0.117. The molecule has 0 saturated carbocycles. The van der Waals surface area contributed by atoms with Crippen molar-refractivity contribution in [2.75, 3.05) is 11.9 Å². The standard InChI is InChI=1S/C16H22FN3O/c1-10(2)4-12(8-18)7-16(21)20-15-6-13(9-19)5-14(17)11(15)3/h5-6,10,12H,4,7-8,18H2,1-3H3,(H,20,21)/t12-/m0/s1. The summed E-state index contributed by atoms with van der Waals surface area (Å²) in [5.74, 6) is -0.132. The number of carbonyl (C=O) groups is 1. The highest BCUT2D eigenvalue weighted by atomic mass is 19.1. The molecule has 0 fully saturated rings. The molecule has 0 aliphatic carbocycles. The fraction of sp³-hybridized carbons (Fsp3) is 0.500. The van der Waals surface area contributed by atoms with Gasteiger partial charge in [-0.25, -0.2) is 4.39 Å². The summed E-state index contributed by atoms with van der Waals surface area (Å²) in [5, 5.41) is 11.5. The topological polar surface area (TPSA) is 78.9 Å². The molecule has 0 aromatic heterocycles. The summed E-state index contributed by atoms with van der Waals surface area (Å²) in [4.78, 5) is 12.1. The fourth-order valence-corrected chi connectivity index (χ4v) is 2.27. The Hall–Kier alpha value is -1.93. The summed E-state index contributed by atoms with van der Waals surface area (Å²) in [7, 11) is 0. The Bertz CT molecular complexity index is 549. The highest BCUT2D eigenvalue weighted by molar-refractivity contribution is 5.91. The lowest BCUT2D eigenvalue weighted by Gasteiger charge is -2.17. The molecular formula is C16H22FN3O. The van der Waals surface area contributed by atoms with Crippen LogP contribution in [0.1, 0.15) is 37.8 Å². The van der Waals surface area contributed by atoms with Crippen molar-refractivity contribution in [2.45, 2.75) is 33.6 Å². The first-order valence-electron chi connectivity index (χ1n) is 7.07. The number of nitriles is 1. The van der Waals surface area contributed by atoms with Crippen molar-refractivity contribution in [3.8, 4) is 6.07 Å². The van der Waals surface area contributed by atoms with E-state index in [1.54, 1.807) is 6.92 Å². The van der Waals surface area contributed by atoms with E-state index < -0.39 is 5.82 Å². The molecular weight excluding hydrogens is 269 g/mol. The largest absolute Gasteiger partial charge is 0.330 e. The average Bonchev–Trinajstić information content (AvgIpc) is 2.42. The van der Waals surface area contributed by atoms with Gasteiger partial charge in [0.05, 0.1) is 11.6 Å². The van der Waals surface area contributed by atoms with Gasteiger partial charge in [0.25, 0.3) is 0 Å². The smallest absolute Gasteiger partial charge is 0.224 e. The van der Waals surface area contributed by atoms with Gasteiger partial charge in [-0.2, -0.15) is 5.26 Å². The summed E-state index contributed by atoms with van der Waals surface area (Å²) in [5.41, 5.74) is 6.54. The molecule has 0 radical (unpaired) electrons. The molecule has 114 valence electrons. The van der Waals surface area contributed by atoms with E-state index in [1.807, 2.05) is 6.07 Å². The average molecular weight is 291 g/mol. The first-order valence-corrected chi connectivity index (χ1v) is 7.07. The molecule has 1 amide bonds. The fourth-order valence-electron chi connectivity index (χ4n) is 2.27. The van der Waals surface area contributed by atoms with Gasteiger partial charge in [-0.05, 0) is 43.9 Å². The Morgan fingerprint density at radius 3 is 2.67 bits per heavy atom. The lowest BCUT2D eigenvalue weighted by atomic mass is 9.94. The molecule has 1 atom stereocenters. The van der Waals surface area contributed by atoms with Crippen LogP contribution in [0.15, 0.2) is 12.1 Å². The van der Waals surface area contributed by atoms with Crippen LogP contribution in [0.2, 0.25) is 0 Å². The van der Waals surface area contributed by atoms with Gasteiger partial charge in [0.2, 0.25) is 5.91 Å². The summed E-state index contributed by atoms with van der Waals surface area (Å²) in [6, 6.07) is 4.52. The van der Waals surface area contributed by atoms with Gasteiger partial charge in [-0.1, -0.05) is 13.8 Å².